The summed E-state index contributed by atoms with van der Waals surface area (Å²) in [4.78, 5) is 14.2. The minimum atomic E-state index is -0.108. The fourth-order valence-electron chi connectivity index (χ4n) is 2.16. The van der Waals surface area contributed by atoms with Gasteiger partial charge in [0.15, 0.2) is 5.16 Å². The topological polar surface area (TPSA) is 63.1 Å². The molecule has 1 aromatic heterocycles. The second kappa shape index (κ2) is 6.38. The standard InChI is InChI=1S/C12H21N5OS/c1-9(11(18)17-6-4-5-7-17)19-12-15-14-10(8-13-2)16(12)3/h9,13H,4-8H2,1-3H3/t9-/m0/s1. The number of carbonyl (C=O) groups excluding carboxylic acids is 1. The van der Waals surface area contributed by atoms with Crippen LogP contribution in [0, 0.1) is 0 Å². The predicted molar refractivity (Wildman–Crippen MR) is 74.9 cm³/mol. The van der Waals surface area contributed by atoms with Crippen molar-refractivity contribution >= 4 is 17.7 Å². The monoisotopic (exact) mass is 283 g/mol. The summed E-state index contributed by atoms with van der Waals surface area (Å²) in [5, 5.41) is 12.0. The SMILES string of the molecule is CNCc1nnc(S[C@@H](C)C(=O)N2CCCC2)n1C. The third-order valence-electron chi connectivity index (χ3n) is 3.31. The molecule has 2 rings (SSSR count). The van der Waals surface area contributed by atoms with Crippen molar-refractivity contribution in [1.82, 2.24) is 25.0 Å². The van der Waals surface area contributed by atoms with Crippen molar-refractivity contribution < 1.29 is 4.79 Å². The van der Waals surface area contributed by atoms with Gasteiger partial charge in [-0.2, -0.15) is 0 Å². The van der Waals surface area contributed by atoms with Crippen LogP contribution in [0.3, 0.4) is 0 Å². The number of thioether (sulfide) groups is 1. The highest BCUT2D eigenvalue weighted by Gasteiger charge is 2.25. The highest BCUT2D eigenvalue weighted by Crippen LogP contribution is 2.24. The minimum absolute atomic E-state index is 0.108. The molecular weight excluding hydrogens is 262 g/mol. The molecule has 1 amide bonds. The van der Waals surface area contributed by atoms with Crippen molar-refractivity contribution in [3.8, 4) is 0 Å². The van der Waals surface area contributed by atoms with Gasteiger partial charge in [0.25, 0.3) is 0 Å². The molecule has 1 fully saturated rings. The number of hydrogen-bond donors (Lipinski definition) is 1. The summed E-state index contributed by atoms with van der Waals surface area (Å²) in [6.07, 6.45) is 2.25. The number of aromatic nitrogens is 3. The van der Waals surface area contributed by atoms with Crippen LogP contribution in [0.4, 0.5) is 0 Å². The molecule has 1 aliphatic heterocycles. The quantitative estimate of drug-likeness (QED) is 0.803. The molecular formula is C12H21N5OS. The number of amides is 1. The maximum atomic E-state index is 12.2. The van der Waals surface area contributed by atoms with Gasteiger partial charge in [0.2, 0.25) is 5.91 Å². The lowest BCUT2D eigenvalue weighted by Crippen LogP contribution is -2.34. The molecule has 0 aromatic carbocycles. The molecule has 2 heterocycles. The first-order valence-electron chi connectivity index (χ1n) is 6.61. The highest BCUT2D eigenvalue weighted by molar-refractivity contribution is 8.00. The van der Waals surface area contributed by atoms with Gasteiger partial charge in [-0.25, -0.2) is 0 Å². The van der Waals surface area contributed by atoms with Crippen LogP contribution >= 0.6 is 11.8 Å². The molecule has 1 aromatic rings. The Hall–Kier alpha value is -1.08. The molecule has 1 saturated heterocycles. The summed E-state index contributed by atoms with van der Waals surface area (Å²) in [6.45, 7) is 4.41. The van der Waals surface area contributed by atoms with Gasteiger partial charge in [-0.3, -0.25) is 4.79 Å². The zero-order valence-corrected chi connectivity index (χ0v) is 12.5. The van der Waals surface area contributed by atoms with Gasteiger partial charge < -0.3 is 14.8 Å². The molecule has 106 valence electrons. The van der Waals surface area contributed by atoms with Crippen LogP contribution in [-0.2, 0) is 18.4 Å². The van der Waals surface area contributed by atoms with Crippen molar-refractivity contribution in [1.29, 1.82) is 0 Å². The van der Waals surface area contributed by atoms with E-state index in [2.05, 4.69) is 15.5 Å². The molecule has 0 aliphatic carbocycles. The molecule has 0 unspecified atom stereocenters. The van der Waals surface area contributed by atoms with Crippen LogP contribution in [-0.4, -0.2) is 51.0 Å². The first-order chi connectivity index (χ1) is 9.13. The Morgan fingerprint density at radius 2 is 2.11 bits per heavy atom. The van der Waals surface area contributed by atoms with Gasteiger partial charge in [0.05, 0.1) is 11.8 Å². The van der Waals surface area contributed by atoms with E-state index in [1.54, 1.807) is 0 Å². The number of hydrogen-bond acceptors (Lipinski definition) is 5. The summed E-state index contributed by atoms with van der Waals surface area (Å²) in [5.74, 6) is 1.09. The van der Waals surface area contributed by atoms with Crippen LogP contribution < -0.4 is 5.32 Å². The van der Waals surface area contributed by atoms with Crippen LogP contribution in [0.1, 0.15) is 25.6 Å². The van der Waals surface area contributed by atoms with E-state index in [1.807, 2.05) is 30.5 Å². The van der Waals surface area contributed by atoms with E-state index in [0.717, 1.165) is 36.9 Å². The van der Waals surface area contributed by atoms with Gasteiger partial charge in [-0.15, -0.1) is 10.2 Å². The zero-order valence-electron chi connectivity index (χ0n) is 11.7. The van der Waals surface area contributed by atoms with E-state index < -0.39 is 0 Å². The molecule has 0 radical (unpaired) electrons. The summed E-state index contributed by atoms with van der Waals surface area (Å²) in [6, 6.07) is 0. The van der Waals surface area contributed by atoms with E-state index in [4.69, 9.17) is 0 Å². The summed E-state index contributed by atoms with van der Waals surface area (Å²) in [7, 11) is 3.81. The molecule has 19 heavy (non-hydrogen) atoms. The lowest BCUT2D eigenvalue weighted by Gasteiger charge is -2.19. The third kappa shape index (κ3) is 3.27. The Morgan fingerprint density at radius 1 is 1.42 bits per heavy atom. The average molecular weight is 283 g/mol. The van der Waals surface area contributed by atoms with E-state index in [0.29, 0.717) is 6.54 Å². The van der Waals surface area contributed by atoms with E-state index in [1.165, 1.54) is 11.8 Å². The summed E-state index contributed by atoms with van der Waals surface area (Å²) >= 11 is 1.48. The minimum Gasteiger partial charge on any atom is -0.342 e. The Morgan fingerprint density at radius 3 is 2.74 bits per heavy atom. The van der Waals surface area contributed by atoms with Gasteiger partial charge in [-0.1, -0.05) is 11.8 Å². The fraction of sp³-hybridized carbons (Fsp3) is 0.750. The molecule has 7 heteroatoms. The van der Waals surface area contributed by atoms with Crippen molar-refractivity contribution in [2.45, 2.75) is 36.7 Å². The molecule has 1 N–H and O–H groups in total. The second-order valence-electron chi connectivity index (χ2n) is 4.78. The molecule has 0 saturated carbocycles. The largest absolute Gasteiger partial charge is 0.342 e. The number of nitrogens with one attached hydrogen (secondary N) is 1. The Labute approximate surface area is 117 Å². The van der Waals surface area contributed by atoms with Crippen LogP contribution in [0.15, 0.2) is 5.16 Å². The lowest BCUT2D eigenvalue weighted by molar-refractivity contribution is -0.129. The number of likely N-dealkylation sites (tertiary alicyclic amines) is 1. The molecule has 6 nitrogen and oxygen atoms in total. The Balaban J connectivity index is 1.98. The fourth-order valence-corrected chi connectivity index (χ4v) is 3.08. The molecule has 0 spiro atoms. The maximum Gasteiger partial charge on any atom is 0.235 e. The number of carbonyl (C=O) groups is 1. The third-order valence-corrected chi connectivity index (χ3v) is 4.43. The van der Waals surface area contributed by atoms with Gasteiger partial charge in [0.1, 0.15) is 5.82 Å². The lowest BCUT2D eigenvalue weighted by atomic mass is 10.4. The molecule has 0 bridgehead atoms. The van der Waals surface area contributed by atoms with Crippen LogP contribution in [0.5, 0.6) is 0 Å². The van der Waals surface area contributed by atoms with Crippen molar-refractivity contribution in [2.24, 2.45) is 7.05 Å². The van der Waals surface area contributed by atoms with Crippen LogP contribution in [0.2, 0.25) is 0 Å². The number of rotatable bonds is 5. The Bertz CT molecular complexity index is 441. The smallest absolute Gasteiger partial charge is 0.235 e. The predicted octanol–water partition coefficient (Wildman–Crippen LogP) is 0.637. The van der Waals surface area contributed by atoms with Gasteiger partial charge >= 0.3 is 0 Å². The first-order valence-corrected chi connectivity index (χ1v) is 7.49. The first kappa shape index (κ1) is 14.3. The highest BCUT2D eigenvalue weighted by atomic mass is 32.2. The van der Waals surface area contributed by atoms with Crippen molar-refractivity contribution in [3.63, 3.8) is 0 Å². The van der Waals surface area contributed by atoms with Crippen molar-refractivity contribution in [2.75, 3.05) is 20.1 Å². The van der Waals surface area contributed by atoms with Crippen molar-refractivity contribution in [3.05, 3.63) is 5.82 Å². The summed E-state index contributed by atoms with van der Waals surface area (Å²) < 4.78 is 1.94. The van der Waals surface area contributed by atoms with Gasteiger partial charge in [-0.05, 0) is 26.8 Å². The summed E-state index contributed by atoms with van der Waals surface area (Å²) in [5.41, 5.74) is 0. The normalized spacial score (nSPS) is 16.9. The number of nitrogens with zero attached hydrogens (tertiary/aromatic N) is 4. The average Bonchev–Trinajstić information content (AvgIpc) is 3.03. The van der Waals surface area contributed by atoms with E-state index in [9.17, 15) is 4.79 Å². The van der Waals surface area contributed by atoms with E-state index >= 15 is 0 Å². The van der Waals surface area contributed by atoms with Crippen LogP contribution in [0.25, 0.3) is 0 Å². The maximum absolute atomic E-state index is 12.2. The molecule has 1 aliphatic rings. The second-order valence-corrected chi connectivity index (χ2v) is 6.09. The van der Waals surface area contributed by atoms with E-state index in [-0.39, 0.29) is 11.2 Å². The zero-order chi connectivity index (χ0) is 13.8. The van der Waals surface area contributed by atoms with Gasteiger partial charge in [0, 0.05) is 20.1 Å². The molecule has 1 atom stereocenters. The Kier molecular flexibility index (Phi) is 4.81.